The van der Waals surface area contributed by atoms with Gasteiger partial charge in [0, 0.05) is 22.2 Å². The Morgan fingerprint density at radius 3 is 1.65 bits per heavy atom. The smallest absolute Gasteiger partial charge is 0.0540 e. The largest absolute Gasteiger partial charge is 0.310 e. The lowest BCUT2D eigenvalue weighted by Crippen LogP contribution is -2.16. The van der Waals surface area contributed by atoms with Crippen molar-refractivity contribution in [2.45, 2.75) is 19.3 Å². The highest BCUT2D eigenvalue weighted by molar-refractivity contribution is 6.01. The molecule has 0 spiro atoms. The zero-order chi connectivity index (χ0) is 36.2. The first-order valence-electron chi connectivity index (χ1n) is 18.8. The van der Waals surface area contributed by atoms with Crippen molar-refractivity contribution in [2.24, 2.45) is 0 Å². The highest BCUT2D eigenvalue weighted by atomic mass is 15.1. The van der Waals surface area contributed by atoms with Crippen LogP contribution in [0.25, 0.3) is 66.1 Å². The summed E-state index contributed by atoms with van der Waals surface area (Å²) in [5, 5.41) is 4.92. The molecule has 0 atom stereocenters. The molecular weight excluding hydrogens is 651 g/mol. The summed E-state index contributed by atoms with van der Waals surface area (Å²) in [6.45, 7) is 4.76. The van der Waals surface area contributed by atoms with Gasteiger partial charge in [-0.05, 0) is 114 Å². The molecule has 0 aromatic heterocycles. The molecule has 256 valence electrons. The molecule has 0 N–H and O–H groups in total. The molecule has 1 heteroatoms. The Hall–Kier alpha value is -6.70. The molecule has 0 unspecified atom stereocenters. The second-order valence-corrected chi connectivity index (χ2v) is 14.9. The predicted octanol–water partition coefficient (Wildman–Crippen LogP) is 14.8. The highest BCUT2D eigenvalue weighted by Gasteiger charge is 2.37. The van der Waals surface area contributed by atoms with Crippen LogP contribution in [0.3, 0.4) is 0 Å². The van der Waals surface area contributed by atoms with E-state index in [-0.39, 0.29) is 5.41 Å². The Kier molecular flexibility index (Phi) is 7.56. The first kappa shape index (κ1) is 32.0. The van der Waals surface area contributed by atoms with Gasteiger partial charge in [0.2, 0.25) is 0 Å². The number of benzene rings is 9. The van der Waals surface area contributed by atoms with Crippen LogP contribution in [0.1, 0.15) is 25.0 Å². The van der Waals surface area contributed by atoms with Crippen LogP contribution in [0.15, 0.2) is 200 Å². The molecule has 0 saturated heterocycles. The quantitative estimate of drug-likeness (QED) is 0.168. The first-order chi connectivity index (χ1) is 26.5. The van der Waals surface area contributed by atoms with E-state index in [2.05, 4.69) is 219 Å². The van der Waals surface area contributed by atoms with E-state index in [4.69, 9.17) is 0 Å². The summed E-state index contributed by atoms with van der Waals surface area (Å²) in [4.78, 5) is 2.46. The summed E-state index contributed by atoms with van der Waals surface area (Å²) < 4.78 is 0. The lowest BCUT2D eigenvalue weighted by Gasteiger charge is -2.29. The SMILES string of the molecule is CC1(C)c2cc(N(c3cccc(-c4cc5ccccc5cc4-c4ccccc4)c3)c3cccc4ccccc34)ccc2-c2c(-c3ccccc3)cccc21. The summed E-state index contributed by atoms with van der Waals surface area (Å²) >= 11 is 0. The van der Waals surface area contributed by atoms with Crippen molar-refractivity contribution < 1.29 is 0 Å². The molecule has 0 heterocycles. The van der Waals surface area contributed by atoms with Crippen LogP contribution in [0.2, 0.25) is 0 Å². The van der Waals surface area contributed by atoms with Crippen LogP contribution in [0, 0.1) is 0 Å². The monoisotopic (exact) mass is 689 g/mol. The minimum Gasteiger partial charge on any atom is -0.310 e. The number of hydrogen-bond acceptors (Lipinski definition) is 1. The first-order valence-corrected chi connectivity index (χ1v) is 18.8. The predicted molar refractivity (Wildman–Crippen MR) is 230 cm³/mol. The molecule has 9 aromatic rings. The second kappa shape index (κ2) is 12.8. The fourth-order valence-electron chi connectivity index (χ4n) is 8.75. The lowest BCUT2D eigenvalue weighted by molar-refractivity contribution is 0.660. The van der Waals surface area contributed by atoms with Crippen molar-refractivity contribution in [2.75, 3.05) is 4.90 Å². The van der Waals surface area contributed by atoms with E-state index in [1.807, 2.05) is 0 Å². The van der Waals surface area contributed by atoms with Crippen molar-refractivity contribution in [3.05, 3.63) is 211 Å². The molecule has 0 fully saturated rings. The lowest BCUT2D eigenvalue weighted by atomic mass is 9.81. The van der Waals surface area contributed by atoms with Crippen molar-refractivity contribution in [3.63, 3.8) is 0 Å². The molecule has 0 radical (unpaired) electrons. The van der Waals surface area contributed by atoms with E-state index in [0.717, 1.165) is 17.1 Å². The van der Waals surface area contributed by atoms with Gasteiger partial charge in [0.05, 0.1) is 5.69 Å². The number of hydrogen-bond donors (Lipinski definition) is 0. The molecule has 0 amide bonds. The molecule has 0 saturated carbocycles. The summed E-state index contributed by atoms with van der Waals surface area (Å²) in [5.41, 5.74) is 16.0. The van der Waals surface area contributed by atoms with Gasteiger partial charge in [0.1, 0.15) is 0 Å². The van der Waals surface area contributed by atoms with E-state index in [9.17, 15) is 0 Å². The van der Waals surface area contributed by atoms with E-state index in [1.165, 1.54) is 77.2 Å². The Bertz CT molecular complexity index is 2840. The Morgan fingerprint density at radius 1 is 0.352 bits per heavy atom. The Labute approximate surface area is 317 Å². The zero-order valence-electron chi connectivity index (χ0n) is 30.5. The molecule has 1 nitrogen and oxygen atoms in total. The summed E-state index contributed by atoms with van der Waals surface area (Å²) in [6, 6.07) is 73.4. The van der Waals surface area contributed by atoms with Crippen LogP contribution < -0.4 is 4.90 Å². The third-order valence-corrected chi connectivity index (χ3v) is 11.4. The van der Waals surface area contributed by atoms with E-state index >= 15 is 0 Å². The van der Waals surface area contributed by atoms with Gasteiger partial charge in [-0.15, -0.1) is 0 Å². The van der Waals surface area contributed by atoms with Crippen molar-refractivity contribution >= 4 is 38.6 Å². The van der Waals surface area contributed by atoms with Gasteiger partial charge in [0.15, 0.2) is 0 Å². The van der Waals surface area contributed by atoms with Crippen LogP contribution in [0.4, 0.5) is 17.1 Å². The van der Waals surface area contributed by atoms with Gasteiger partial charge in [-0.2, -0.15) is 0 Å². The Balaban J connectivity index is 1.19. The fraction of sp³-hybridized carbons (Fsp3) is 0.0566. The normalized spacial score (nSPS) is 12.8. The van der Waals surface area contributed by atoms with Gasteiger partial charge in [-0.3, -0.25) is 0 Å². The van der Waals surface area contributed by atoms with Crippen molar-refractivity contribution in [1.82, 2.24) is 0 Å². The average molecular weight is 690 g/mol. The highest BCUT2D eigenvalue weighted by Crippen LogP contribution is 2.54. The number of anilines is 3. The summed E-state index contributed by atoms with van der Waals surface area (Å²) in [6.07, 6.45) is 0. The minimum atomic E-state index is -0.173. The molecule has 1 aliphatic carbocycles. The average Bonchev–Trinajstić information content (AvgIpc) is 3.46. The van der Waals surface area contributed by atoms with E-state index in [1.54, 1.807) is 0 Å². The molecule has 54 heavy (non-hydrogen) atoms. The van der Waals surface area contributed by atoms with Crippen molar-refractivity contribution in [1.29, 1.82) is 0 Å². The van der Waals surface area contributed by atoms with Gasteiger partial charge < -0.3 is 4.90 Å². The van der Waals surface area contributed by atoms with Crippen LogP contribution in [0.5, 0.6) is 0 Å². The Morgan fingerprint density at radius 2 is 0.907 bits per heavy atom. The molecule has 1 aliphatic rings. The summed E-state index contributed by atoms with van der Waals surface area (Å²) in [5.74, 6) is 0. The third-order valence-electron chi connectivity index (χ3n) is 11.4. The topological polar surface area (TPSA) is 3.24 Å². The van der Waals surface area contributed by atoms with Gasteiger partial charge in [0.25, 0.3) is 0 Å². The van der Waals surface area contributed by atoms with Crippen molar-refractivity contribution in [3.8, 4) is 44.5 Å². The molecule has 9 aromatic carbocycles. The standard InChI is InChI=1S/C53H39N/c1-53(2)49-28-15-27-45(37-16-5-3-6-17-37)52(49)46-31-30-43(35-50(46)53)54(51-29-14-23-36-20-11-12-26-44(36)51)42-25-13-24-41(32-42)48-34-40-22-10-9-21-39(40)33-47(48)38-18-7-4-8-19-38/h3-35H,1-2H3. The molecular formula is C53H39N. The van der Waals surface area contributed by atoms with E-state index in [0.29, 0.717) is 0 Å². The van der Waals surface area contributed by atoms with Crippen LogP contribution >= 0.6 is 0 Å². The van der Waals surface area contributed by atoms with Crippen LogP contribution in [-0.4, -0.2) is 0 Å². The maximum Gasteiger partial charge on any atom is 0.0540 e. The molecule has 0 aliphatic heterocycles. The molecule has 0 bridgehead atoms. The maximum atomic E-state index is 2.46. The maximum absolute atomic E-state index is 2.46. The number of rotatable bonds is 6. The summed E-state index contributed by atoms with van der Waals surface area (Å²) in [7, 11) is 0. The van der Waals surface area contributed by atoms with Gasteiger partial charge >= 0.3 is 0 Å². The van der Waals surface area contributed by atoms with Crippen LogP contribution in [-0.2, 0) is 5.41 Å². The van der Waals surface area contributed by atoms with Gasteiger partial charge in [-0.25, -0.2) is 0 Å². The van der Waals surface area contributed by atoms with E-state index < -0.39 is 0 Å². The second-order valence-electron chi connectivity index (χ2n) is 14.9. The fourth-order valence-corrected chi connectivity index (χ4v) is 8.75. The third kappa shape index (κ3) is 5.24. The number of fused-ring (bicyclic) bond motifs is 5. The zero-order valence-corrected chi connectivity index (χ0v) is 30.5. The number of nitrogens with zero attached hydrogens (tertiary/aromatic N) is 1. The van der Waals surface area contributed by atoms with Gasteiger partial charge in [-0.1, -0.05) is 172 Å². The minimum absolute atomic E-state index is 0.173. The molecule has 10 rings (SSSR count).